The van der Waals surface area contributed by atoms with Crippen molar-refractivity contribution in [3.63, 3.8) is 0 Å². The fourth-order valence-corrected chi connectivity index (χ4v) is 1.94. The Kier molecular flexibility index (Phi) is 6.01. The Balaban J connectivity index is 2.90. The Hall–Kier alpha value is -1.56. The van der Waals surface area contributed by atoms with E-state index in [0.29, 0.717) is 25.7 Å². The molecule has 20 heavy (non-hydrogen) atoms. The van der Waals surface area contributed by atoms with E-state index in [-0.39, 0.29) is 17.9 Å². The molecule has 0 amide bonds. The minimum atomic E-state index is -4.49. The van der Waals surface area contributed by atoms with Gasteiger partial charge in [-0.1, -0.05) is 0 Å². The molecule has 0 aromatic heterocycles. The van der Waals surface area contributed by atoms with Gasteiger partial charge in [-0.25, -0.2) is 0 Å². The van der Waals surface area contributed by atoms with Crippen LogP contribution in [0.4, 0.5) is 18.9 Å². The Bertz CT molecular complexity index is 447. The molecule has 0 saturated carbocycles. The summed E-state index contributed by atoms with van der Waals surface area (Å²) in [4.78, 5) is 12.1. The lowest BCUT2D eigenvalue weighted by atomic mass is 10.1. The second-order valence-corrected chi connectivity index (χ2v) is 4.60. The molecule has 0 aliphatic heterocycles. The normalized spacial score (nSPS) is 11.4. The first-order valence-electron chi connectivity index (χ1n) is 6.38. The highest BCUT2D eigenvalue weighted by atomic mass is 19.4. The lowest BCUT2D eigenvalue weighted by Crippen LogP contribution is -2.22. The van der Waals surface area contributed by atoms with Crippen LogP contribution in [-0.2, 0) is 6.18 Å². The number of carbonyl (C=O) groups excluding carboxylic acids is 1. The summed E-state index contributed by atoms with van der Waals surface area (Å²) < 4.78 is 39.0. The lowest BCUT2D eigenvalue weighted by molar-refractivity contribution is -0.137. The molecule has 0 bridgehead atoms. The van der Waals surface area contributed by atoms with Crippen LogP contribution in [0.15, 0.2) is 18.2 Å². The van der Waals surface area contributed by atoms with Crippen molar-refractivity contribution in [2.45, 2.75) is 25.4 Å². The largest absolute Gasteiger partial charge is 0.418 e. The lowest BCUT2D eigenvalue weighted by Gasteiger charge is -2.23. The highest BCUT2D eigenvalue weighted by molar-refractivity contribution is 5.77. The number of nitrogens with zero attached hydrogens (tertiary/aromatic N) is 1. The number of hydrogen-bond donors (Lipinski definition) is 1. The van der Waals surface area contributed by atoms with E-state index in [4.69, 9.17) is 5.11 Å². The Morgan fingerprint density at radius 1 is 1.25 bits per heavy atom. The summed E-state index contributed by atoms with van der Waals surface area (Å²) in [5, 5.41) is 8.66. The number of hydrogen-bond acceptors (Lipinski definition) is 3. The van der Waals surface area contributed by atoms with E-state index < -0.39 is 11.7 Å². The zero-order valence-corrected chi connectivity index (χ0v) is 11.3. The third-order valence-electron chi connectivity index (χ3n) is 3.02. The average molecular weight is 289 g/mol. The highest BCUT2D eigenvalue weighted by Gasteiger charge is 2.34. The smallest absolute Gasteiger partial charge is 0.396 e. The topological polar surface area (TPSA) is 40.5 Å². The van der Waals surface area contributed by atoms with Crippen molar-refractivity contribution in [2.24, 2.45) is 0 Å². The maximum Gasteiger partial charge on any atom is 0.418 e. The predicted molar refractivity (Wildman–Crippen MR) is 71.0 cm³/mol. The van der Waals surface area contributed by atoms with E-state index in [0.717, 1.165) is 12.5 Å². The van der Waals surface area contributed by atoms with Crippen LogP contribution < -0.4 is 4.90 Å². The summed E-state index contributed by atoms with van der Waals surface area (Å²) in [7, 11) is 1.59. The maximum atomic E-state index is 13.0. The second kappa shape index (κ2) is 7.28. The first kappa shape index (κ1) is 16.5. The molecule has 0 radical (unpaired) electrons. The van der Waals surface area contributed by atoms with Gasteiger partial charge in [-0.2, -0.15) is 13.2 Å². The van der Waals surface area contributed by atoms with Crippen LogP contribution in [-0.4, -0.2) is 31.6 Å². The summed E-state index contributed by atoms with van der Waals surface area (Å²) >= 11 is 0. The van der Waals surface area contributed by atoms with Gasteiger partial charge in [0.05, 0.1) is 5.56 Å². The molecule has 112 valence electrons. The van der Waals surface area contributed by atoms with E-state index in [1.165, 1.54) is 17.0 Å². The molecule has 0 unspecified atom stereocenters. The van der Waals surface area contributed by atoms with Gasteiger partial charge in [-0.05, 0) is 37.5 Å². The van der Waals surface area contributed by atoms with Crippen molar-refractivity contribution in [1.29, 1.82) is 0 Å². The molecule has 1 aromatic rings. The van der Waals surface area contributed by atoms with Crippen LogP contribution >= 0.6 is 0 Å². The Morgan fingerprint density at radius 2 is 1.95 bits per heavy atom. The molecule has 1 rings (SSSR count). The predicted octanol–water partition coefficient (Wildman–Crippen LogP) is 3.12. The van der Waals surface area contributed by atoms with Crippen LogP contribution in [0.25, 0.3) is 0 Å². The van der Waals surface area contributed by atoms with Gasteiger partial charge < -0.3 is 10.0 Å². The van der Waals surface area contributed by atoms with Gasteiger partial charge in [0.2, 0.25) is 0 Å². The van der Waals surface area contributed by atoms with Crippen molar-refractivity contribution < 1.29 is 23.1 Å². The number of halogens is 3. The molecule has 6 heteroatoms. The first-order valence-corrected chi connectivity index (χ1v) is 6.38. The molecule has 0 aliphatic rings. The van der Waals surface area contributed by atoms with E-state index in [1.54, 1.807) is 7.05 Å². The van der Waals surface area contributed by atoms with Crippen LogP contribution in [0.2, 0.25) is 0 Å². The van der Waals surface area contributed by atoms with Crippen molar-refractivity contribution in [3.8, 4) is 0 Å². The van der Waals surface area contributed by atoms with Crippen molar-refractivity contribution in [2.75, 3.05) is 25.1 Å². The molecule has 1 aromatic carbocycles. The zero-order chi connectivity index (χ0) is 15.2. The van der Waals surface area contributed by atoms with Gasteiger partial charge in [-0.15, -0.1) is 0 Å². The van der Waals surface area contributed by atoms with Crippen LogP contribution in [0.5, 0.6) is 0 Å². The highest BCUT2D eigenvalue weighted by Crippen LogP contribution is 2.36. The number of unbranched alkanes of at least 4 members (excludes halogenated alkanes) is 2. The fourth-order valence-electron chi connectivity index (χ4n) is 1.94. The second-order valence-electron chi connectivity index (χ2n) is 4.60. The number of aliphatic hydroxyl groups excluding tert-OH is 1. The van der Waals surface area contributed by atoms with Gasteiger partial charge in [0.15, 0.2) is 0 Å². The molecule has 1 N–H and O–H groups in total. The van der Waals surface area contributed by atoms with Gasteiger partial charge in [0.25, 0.3) is 0 Å². The van der Waals surface area contributed by atoms with Crippen molar-refractivity contribution >= 4 is 12.0 Å². The molecule has 0 atom stereocenters. The number of alkyl halides is 3. The number of aliphatic hydroxyl groups is 1. The summed E-state index contributed by atoms with van der Waals surface area (Å²) in [6.07, 6.45) is -1.99. The third-order valence-corrected chi connectivity index (χ3v) is 3.02. The minimum absolute atomic E-state index is 0.00903. The van der Waals surface area contributed by atoms with Crippen molar-refractivity contribution in [1.82, 2.24) is 0 Å². The standard InChI is InChI=1S/C14H18F3NO2/c1-18(7-3-2-4-8-19)13-6-5-11(10-20)9-12(13)14(15,16)17/h5-6,9-10,19H,2-4,7-8H2,1H3. The van der Waals surface area contributed by atoms with Crippen LogP contribution in [0.1, 0.15) is 35.2 Å². The maximum absolute atomic E-state index is 13.0. The number of benzene rings is 1. The van der Waals surface area contributed by atoms with E-state index in [2.05, 4.69) is 0 Å². The van der Waals surface area contributed by atoms with Gasteiger partial charge in [0, 0.05) is 31.5 Å². The zero-order valence-electron chi connectivity index (χ0n) is 11.3. The summed E-state index contributed by atoms with van der Waals surface area (Å²) in [6, 6.07) is 3.56. The van der Waals surface area contributed by atoms with Gasteiger partial charge in [-0.3, -0.25) is 4.79 Å². The average Bonchev–Trinajstić information content (AvgIpc) is 2.41. The SMILES string of the molecule is CN(CCCCCO)c1ccc(C=O)cc1C(F)(F)F. The molecule has 0 spiro atoms. The number of aldehydes is 1. The molecule has 0 fully saturated rings. The molecular formula is C14H18F3NO2. The molecule has 0 heterocycles. The molecular weight excluding hydrogens is 271 g/mol. The van der Waals surface area contributed by atoms with E-state index in [9.17, 15) is 18.0 Å². The molecule has 0 aliphatic carbocycles. The molecule has 3 nitrogen and oxygen atoms in total. The van der Waals surface area contributed by atoms with E-state index >= 15 is 0 Å². The summed E-state index contributed by atoms with van der Waals surface area (Å²) in [5.41, 5.74) is -0.728. The fraction of sp³-hybridized carbons (Fsp3) is 0.500. The van der Waals surface area contributed by atoms with Gasteiger partial charge >= 0.3 is 6.18 Å². The monoisotopic (exact) mass is 289 g/mol. The number of anilines is 1. The Morgan fingerprint density at radius 3 is 2.50 bits per heavy atom. The van der Waals surface area contributed by atoms with Crippen LogP contribution in [0.3, 0.4) is 0 Å². The molecule has 0 saturated heterocycles. The van der Waals surface area contributed by atoms with E-state index in [1.807, 2.05) is 0 Å². The number of carbonyl (C=O) groups is 1. The Labute approximate surface area is 116 Å². The third kappa shape index (κ3) is 4.52. The number of rotatable bonds is 7. The summed E-state index contributed by atoms with van der Waals surface area (Å²) in [5.74, 6) is 0. The minimum Gasteiger partial charge on any atom is -0.396 e. The van der Waals surface area contributed by atoms with Crippen molar-refractivity contribution in [3.05, 3.63) is 29.3 Å². The summed E-state index contributed by atoms with van der Waals surface area (Å²) in [6.45, 7) is 0.551. The van der Waals surface area contributed by atoms with Crippen LogP contribution in [0, 0.1) is 0 Å². The first-order chi connectivity index (χ1) is 9.40. The van der Waals surface area contributed by atoms with Gasteiger partial charge in [0.1, 0.15) is 6.29 Å². The quantitative estimate of drug-likeness (QED) is 0.619.